The third kappa shape index (κ3) is 3.77. The van der Waals surface area contributed by atoms with E-state index in [9.17, 15) is 14.7 Å². The number of rotatable bonds is 6. The van der Waals surface area contributed by atoms with Crippen LogP contribution >= 0.6 is 0 Å². The molecular weight excluding hydrogens is 250 g/mol. The summed E-state index contributed by atoms with van der Waals surface area (Å²) < 4.78 is 4.85. The Hall–Kier alpha value is -1.92. The van der Waals surface area contributed by atoms with Crippen LogP contribution in [-0.2, 0) is 16.1 Å². The highest BCUT2D eigenvalue weighted by Gasteiger charge is 2.38. The lowest BCUT2D eigenvalue weighted by molar-refractivity contribution is -0.153. The zero-order chi connectivity index (χ0) is 14.6. The van der Waals surface area contributed by atoms with Crippen molar-refractivity contribution in [2.24, 2.45) is 11.3 Å². The van der Waals surface area contributed by atoms with Crippen LogP contribution < -0.4 is 5.32 Å². The van der Waals surface area contributed by atoms with Crippen LogP contribution in [0.2, 0.25) is 0 Å². The number of nitrogens with zero attached hydrogens (tertiary/aromatic N) is 2. The van der Waals surface area contributed by atoms with Crippen molar-refractivity contribution in [3.05, 3.63) is 11.7 Å². The summed E-state index contributed by atoms with van der Waals surface area (Å²) in [6, 6.07) is 0. The lowest BCUT2D eigenvalue weighted by atomic mass is 9.76. The van der Waals surface area contributed by atoms with Gasteiger partial charge in [0.25, 0.3) is 0 Å². The van der Waals surface area contributed by atoms with Crippen molar-refractivity contribution in [3.63, 3.8) is 0 Å². The molecule has 0 aliphatic carbocycles. The summed E-state index contributed by atoms with van der Waals surface area (Å²) >= 11 is 0. The number of aryl methyl sites for hydroxylation is 1. The van der Waals surface area contributed by atoms with Gasteiger partial charge in [-0.15, -0.1) is 0 Å². The molecule has 0 fully saturated rings. The number of amides is 1. The van der Waals surface area contributed by atoms with Gasteiger partial charge in [-0.25, -0.2) is 0 Å². The van der Waals surface area contributed by atoms with Crippen molar-refractivity contribution in [1.82, 2.24) is 15.5 Å². The molecule has 0 bridgehead atoms. The van der Waals surface area contributed by atoms with Gasteiger partial charge in [0.1, 0.15) is 0 Å². The van der Waals surface area contributed by atoms with Crippen LogP contribution in [-0.4, -0.2) is 27.1 Å². The average Bonchev–Trinajstić information content (AvgIpc) is 2.72. The second kappa shape index (κ2) is 5.81. The van der Waals surface area contributed by atoms with Crippen molar-refractivity contribution in [2.45, 2.75) is 40.7 Å². The van der Waals surface area contributed by atoms with E-state index in [2.05, 4.69) is 15.5 Å². The molecule has 0 aromatic carbocycles. The summed E-state index contributed by atoms with van der Waals surface area (Å²) in [7, 11) is 0. The third-order valence-corrected chi connectivity index (χ3v) is 3.30. The summed E-state index contributed by atoms with van der Waals surface area (Å²) in [5.74, 6) is -0.698. The first-order valence-corrected chi connectivity index (χ1v) is 6.05. The molecule has 0 saturated carbocycles. The number of carboxylic acid groups (broad SMARTS) is 1. The van der Waals surface area contributed by atoms with Gasteiger partial charge in [-0.05, 0) is 19.8 Å². The molecule has 1 aromatic heterocycles. The zero-order valence-corrected chi connectivity index (χ0v) is 11.6. The number of aliphatic carboxylic acids is 1. The van der Waals surface area contributed by atoms with Crippen LogP contribution in [0.4, 0.5) is 0 Å². The first-order chi connectivity index (χ1) is 8.75. The number of carbonyl (C=O) groups excluding carboxylic acids is 1. The molecule has 1 amide bonds. The van der Waals surface area contributed by atoms with Crippen LogP contribution in [0.15, 0.2) is 4.52 Å². The SMILES string of the molecule is Cc1noc(CNC(=O)CC(C)(C(=O)O)C(C)C)n1. The van der Waals surface area contributed by atoms with Crippen molar-refractivity contribution >= 4 is 11.9 Å². The molecule has 19 heavy (non-hydrogen) atoms. The number of carbonyl (C=O) groups is 2. The first kappa shape index (κ1) is 15.1. The predicted octanol–water partition coefficient (Wildman–Crippen LogP) is 1.13. The van der Waals surface area contributed by atoms with E-state index in [-0.39, 0.29) is 24.8 Å². The Morgan fingerprint density at radius 3 is 2.53 bits per heavy atom. The molecule has 0 spiro atoms. The first-order valence-electron chi connectivity index (χ1n) is 6.05. The van der Waals surface area contributed by atoms with Crippen molar-refractivity contribution in [3.8, 4) is 0 Å². The minimum Gasteiger partial charge on any atom is -0.481 e. The molecular formula is C12H19N3O4. The Morgan fingerprint density at radius 1 is 1.47 bits per heavy atom. The number of hydrogen-bond acceptors (Lipinski definition) is 5. The molecule has 1 aromatic rings. The normalized spacial score (nSPS) is 14.2. The van der Waals surface area contributed by atoms with Gasteiger partial charge in [-0.3, -0.25) is 9.59 Å². The Kier molecular flexibility index (Phi) is 4.63. The van der Waals surface area contributed by atoms with E-state index < -0.39 is 11.4 Å². The monoisotopic (exact) mass is 269 g/mol. The molecule has 7 heteroatoms. The second-order valence-electron chi connectivity index (χ2n) is 5.07. The molecule has 2 N–H and O–H groups in total. The number of aromatic nitrogens is 2. The van der Waals surface area contributed by atoms with Crippen molar-refractivity contribution in [1.29, 1.82) is 0 Å². The van der Waals surface area contributed by atoms with Crippen LogP contribution in [0.25, 0.3) is 0 Å². The largest absolute Gasteiger partial charge is 0.481 e. The maximum Gasteiger partial charge on any atom is 0.310 e. The Morgan fingerprint density at radius 2 is 2.11 bits per heavy atom. The molecule has 0 saturated heterocycles. The van der Waals surface area contributed by atoms with E-state index in [0.717, 1.165) is 0 Å². The summed E-state index contributed by atoms with van der Waals surface area (Å²) in [5.41, 5.74) is -1.09. The van der Waals surface area contributed by atoms with Gasteiger partial charge < -0.3 is 14.9 Å². The van der Waals surface area contributed by atoms with Gasteiger partial charge in [-0.1, -0.05) is 19.0 Å². The lowest BCUT2D eigenvalue weighted by Gasteiger charge is -2.28. The van der Waals surface area contributed by atoms with Gasteiger partial charge in [0.15, 0.2) is 5.82 Å². The third-order valence-electron chi connectivity index (χ3n) is 3.30. The van der Waals surface area contributed by atoms with Gasteiger partial charge in [-0.2, -0.15) is 4.98 Å². The minimum absolute atomic E-state index is 0.0902. The van der Waals surface area contributed by atoms with Crippen molar-refractivity contribution in [2.75, 3.05) is 0 Å². The molecule has 7 nitrogen and oxygen atoms in total. The highest BCUT2D eigenvalue weighted by Crippen LogP contribution is 2.31. The fourth-order valence-electron chi connectivity index (χ4n) is 1.51. The number of carboxylic acids is 1. The lowest BCUT2D eigenvalue weighted by Crippen LogP contribution is -2.39. The summed E-state index contributed by atoms with van der Waals surface area (Å²) in [6.45, 7) is 6.91. The second-order valence-corrected chi connectivity index (χ2v) is 5.07. The molecule has 0 radical (unpaired) electrons. The number of nitrogens with one attached hydrogen (secondary N) is 1. The van der Waals surface area contributed by atoms with Gasteiger partial charge in [0.2, 0.25) is 11.8 Å². The molecule has 0 aliphatic heterocycles. The average molecular weight is 269 g/mol. The molecule has 1 unspecified atom stereocenters. The predicted molar refractivity (Wildman–Crippen MR) is 66.1 cm³/mol. The maximum atomic E-state index is 11.8. The number of hydrogen-bond donors (Lipinski definition) is 2. The van der Waals surface area contributed by atoms with E-state index in [4.69, 9.17) is 4.52 Å². The van der Waals surface area contributed by atoms with E-state index in [1.807, 2.05) is 0 Å². The fourth-order valence-corrected chi connectivity index (χ4v) is 1.51. The highest BCUT2D eigenvalue weighted by atomic mass is 16.5. The van der Waals surface area contributed by atoms with Crippen LogP contribution in [0.5, 0.6) is 0 Å². The fraction of sp³-hybridized carbons (Fsp3) is 0.667. The quantitative estimate of drug-likeness (QED) is 0.802. The summed E-state index contributed by atoms with van der Waals surface area (Å²) in [4.78, 5) is 27.0. The van der Waals surface area contributed by atoms with Crippen LogP contribution in [0, 0.1) is 18.3 Å². The highest BCUT2D eigenvalue weighted by molar-refractivity contribution is 5.84. The zero-order valence-electron chi connectivity index (χ0n) is 11.6. The Labute approximate surface area is 111 Å². The maximum absolute atomic E-state index is 11.8. The van der Waals surface area contributed by atoms with Gasteiger partial charge in [0, 0.05) is 6.42 Å². The van der Waals surface area contributed by atoms with Gasteiger partial charge >= 0.3 is 5.97 Å². The molecule has 1 rings (SSSR count). The molecule has 0 aliphatic rings. The molecule has 106 valence electrons. The van der Waals surface area contributed by atoms with E-state index in [0.29, 0.717) is 11.7 Å². The standard InChI is InChI=1S/C12H19N3O4/c1-7(2)12(4,11(17)18)5-9(16)13-6-10-14-8(3)15-19-10/h7H,5-6H2,1-4H3,(H,13,16)(H,17,18). The van der Waals surface area contributed by atoms with Gasteiger partial charge in [0.05, 0.1) is 12.0 Å². The smallest absolute Gasteiger partial charge is 0.310 e. The topological polar surface area (TPSA) is 105 Å². The summed E-state index contributed by atoms with van der Waals surface area (Å²) in [6.07, 6.45) is -0.0902. The Bertz CT molecular complexity index is 469. The van der Waals surface area contributed by atoms with Crippen molar-refractivity contribution < 1.29 is 19.2 Å². The molecule has 1 atom stereocenters. The molecule has 1 heterocycles. The van der Waals surface area contributed by atoms with Crippen LogP contribution in [0.1, 0.15) is 38.9 Å². The van der Waals surface area contributed by atoms with E-state index in [1.165, 1.54) is 0 Å². The van der Waals surface area contributed by atoms with E-state index >= 15 is 0 Å². The van der Waals surface area contributed by atoms with E-state index in [1.54, 1.807) is 27.7 Å². The summed E-state index contributed by atoms with van der Waals surface area (Å²) in [5, 5.41) is 15.4. The Balaban J connectivity index is 2.57. The minimum atomic E-state index is -1.09. The van der Waals surface area contributed by atoms with Crippen LogP contribution in [0.3, 0.4) is 0 Å².